The molecule has 0 aliphatic carbocycles. The Hall–Kier alpha value is -4.11. The van der Waals surface area contributed by atoms with Crippen LogP contribution in [-0.4, -0.2) is 32.6 Å². The minimum Gasteiger partial charge on any atom is -0.487 e. The number of nitrogens with two attached hydrogens (primary N) is 2. The fraction of sp³-hybridized carbons (Fsp3) is 0.194. The van der Waals surface area contributed by atoms with Crippen molar-refractivity contribution in [3.8, 4) is 16.9 Å². The third-order valence-corrected chi connectivity index (χ3v) is 7.57. The number of anilines is 3. The summed E-state index contributed by atoms with van der Waals surface area (Å²) in [5.74, 6) is 0.147. The summed E-state index contributed by atoms with van der Waals surface area (Å²) in [6, 6.07) is 23.8. The predicted molar refractivity (Wildman–Crippen MR) is 159 cm³/mol. The molecule has 204 valence electrons. The molecule has 0 saturated carbocycles. The molecule has 9 heteroatoms. The van der Waals surface area contributed by atoms with Gasteiger partial charge in [0.25, 0.3) is 0 Å². The maximum atomic E-state index is 13.5. The van der Waals surface area contributed by atoms with Gasteiger partial charge in [0.1, 0.15) is 18.2 Å². The molecular formula is C31H29ClFN5O2. The van der Waals surface area contributed by atoms with Gasteiger partial charge in [0, 0.05) is 46.8 Å². The molecule has 6 rings (SSSR count). The molecule has 4 aromatic carbocycles. The highest BCUT2D eigenvalue weighted by Gasteiger charge is 2.35. The Morgan fingerprint density at radius 2 is 1.85 bits per heavy atom. The molecule has 0 aromatic heterocycles. The van der Waals surface area contributed by atoms with Gasteiger partial charge in [-0.1, -0.05) is 41.9 Å². The van der Waals surface area contributed by atoms with Crippen LogP contribution in [0.15, 0.2) is 83.9 Å². The smallest absolute Gasteiger partial charge is 0.163 e. The SMILES string of the molecule is Nc1cc2c(cc1-c1cccc(N3CCOCC3)c1)NC=NC2(N)c1ccc(OCc2cccc(F)c2)c(Cl)c1. The van der Waals surface area contributed by atoms with Crippen molar-refractivity contribution in [2.24, 2.45) is 10.7 Å². The number of rotatable bonds is 6. The molecular weight excluding hydrogens is 529 g/mol. The van der Waals surface area contributed by atoms with E-state index in [1.807, 2.05) is 24.3 Å². The van der Waals surface area contributed by atoms with E-state index in [9.17, 15) is 4.39 Å². The van der Waals surface area contributed by atoms with E-state index >= 15 is 0 Å². The molecule has 0 spiro atoms. The zero-order valence-electron chi connectivity index (χ0n) is 21.7. The van der Waals surface area contributed by atoms with Gasteiger partial charge in [-0.15, -0.1) is 0 Å². The van der Waals surface area contributed by atoms with Crippen molar-refractivity contribution in [2.45, 2.75) is 12.3 Å². The normalized spacial score (nSPS) is 18.2. The number of hydrogen-bond donors (Lipinski definition) is 3. The van der Waals surface area contributed by atoms with Crippen molar-refractivity contribution in [2.75, 3.05) is 42.3 Å². The van der Waals surface area contributed by atoms with E-state index in [1.54, 1.807) is 30.6 Å². The van der Waals surface area contributed by atoms with E-state index in [2.05, 4.69) is 33.4 Å². The second kappa shape index (κ2) is 10.8. The zero-order valence-corrected chi connectivity index (χ0v) is 22.5. The van der Waals surface area contributed by atoms with Gasteiger partial charge in [0.2, 0.25) is 0 Å². The first-order valence-electron chi connectivity index (χ1n) is 13.0. The Labute approximate surface area is 237 Å². The van der Waals surface area contributed by atoms with Gasteiger partial charge in [0.05, 0.1) is 24.6 Å². The Kier molecular flexibility index (Phi) is 7.06. The summed E-state index contributed by atoms with van der Waals surface area (Å²) >= 11 is 6.59. The van der Waals surface area contributed by atoms with Crippen molar-refractivity contribution in [3.05, 3.63) is 106 Å². The average Bonchev–Trinajstić information content (AvgIpc) is 2.97. The number of nitrogens with zero attached hydrogens (tertiary/aromatic N) is 2. The molecule has 1 fully saturated rings. The van der Waals surface area contributed by atoms with Crippen LogP contribution in [0.25, 0.3) is 11.1 Å². The zero-order chi connectivity index (χ0) is 27.7. The van der Waals surface area contributed by atoms with E-state index in [1.165, 1.54) is 12.1 Å². The lowest BCUT2D eigenvalue weighted by Crippen LogP contribution is -2.39. The monoisotopic (exact) mass is 557 g/mol. The predicted octanol–water partition coefficient (Wildman–Crippen LogP) is 5.76. The van der Waals surface area contributed by atoms with Gasteiger partial charge in [-0.3, -0.25) is 5.73 Å². The van der Waals surface area contributed by atoms with E-state index < -0.39 is 5.66 Å². The first-order chi connectivity index (χ1) is 19.4. The van der Waals surface area contributed by atoms with E-state index in [4.69, 9.17) is 32.5 Å². The lowest BCUT2D eigenvalue weighted by Gasteiger charge is -2.32. The highest BCUT2D eigenvalue weighted by molar-refractivity contribution is 6.32. The Balaban J connectivity index is 1.28. The fourth-order valence-corrected chi connectivity index (χ4v) is 5.37. The molecule has 2 aliphatic heterocycles. The summed E-state index contributed by atoms with van der Waals surface area (Å²) in [6.07, 6.45) is 1.59. The van der Waals surface area contributed by atoms with Crippen LogP contribution >= 0.6 is 11.6 Å². The summed E-state index contributed by atoms with van der Waals surface area (Å²) in [5.41, 5.74) is 18.9. The summed E-state index contributed by atoms with van der Waals surface area (Å²) in [7, 11) is 0. The largest absolute Gasteiger partial charge is 0.487 e. The maximum Gasteiger partial charge on any atom is 0.163 e. The molecule has 7 nitrogen and oxygen atoms in total. The molecule has 5 N–H and O–H groups in total. The second-order valence-electron chi connectivity index (χ2n) is 9.87. The summed E-state index contributed by atoms with van der Waals surface area (Å²) in [4.78, 5) is 6.90. The maximum absolute atomic E-state index is 13.5. The lowest BCUT2D eigenvalue weighted by atomic mass is 9.87. The number of nitrogen functional groups attached to an aromatic ring is 1. The van der Waals surface area contributed by atoms with Gasteiger partial charge < -0.3 is 25.4 Å². The standard InChI is InChI=1S/C31H29ClFN5O2/c32-27-15-22(7-8-30(27)40-18-20-3-1-5-23(33)13-20)31(35)26-17-28(34)25(16-29(26)36-19-37-31)21-4-2-6-24(14-21)38-9-11-39-12-10-38/h1-8,13-17,19H,9-12,18,34-35H2,(H,36,37). The number of benzene rings is 4. The van der Waals surface area contributed by atoms with Crippen LogP contribution in [0.4, 0.5) is 21.5 Å². The fourth-order valence-electron chi connectivity index (χ4n) is 5.14. The third-order valence-electron chi connectivity index (χ3n) is 7.28. The van der Waals surface area contributed by atoms with Crippen LogP contribution in [0.2, 0.25) is 5.02 Å². The number of halogens is 2. The quantitative estimate of drug-likeness (QED) is 0.261. The molecule has 2 aliphatic rings. The molecule has 0 bridgehead atoms. The number of nitrogens with one attached hydrogen (secondary N) is 1. The van der Waals surface area contributed by atoms with Crippen molar-refractivity contribution in [1.82, 2.24) is 0 Å². The number of ether oxygens (including phenoxy) is 2. The molecule has 1 saturated heterocycles. The topological polar surface area (TPSA) is 98.1 Å². The summed E-state index contributed by atoms with van der Waals surface area (Å²) in [6.45, 7) is 3.33. The van der Waals surface area contributed by atoms with Gasteiger partial charge in [-0.05, 0) is 59.7 Å². The summed E-state index contributed by atoms with van der Waals surface area (Å²) in [5, 5.41) is 3.60. The highest BCUT2D eigenvalue weighted by Crippen LogP contribution is 2.42. The number of aliphatic imine (C=N–C) groups is 1. The highest BCUT2D eigenvalue weighted by atomic mass is 35.5. The summed E-state index contributed by atoms with van der Waals surface area (Å²) < 4.78 is 24.8. The van der Waals surface area contributed by atoms with Crippen LogP contribution < -0.4 is 26.4 Å². The van der Waals surface area contributed by atoms with E-state index in [-0.39, 0.29) is 12.4 Å². The van der Waals surface area contributed by atoms with Gasteiger partial charge in [0.15, 0.2) is 5.66 Å². The Morgan fingerprint density at radius 1 is 1.02 bits per heavy atom. The first kappa shape index (κ1) is 26.1. The minimum absolute atomic E-state index is 0.182. The lowest BCUT2D eigenvalue weighted by molar-refractivity contribution is 0.122. The Morgan fingerprint density at radius 3 is 2.65 bits per heavy atom. The Bertz CT molecular complexity index is 1590. The molecule has 2 heterocycles. The van der Waals surface area contributed by atoms with Crippen LogP contribution in [0.3, 0.4) is 0 Å². The van der Waals surface area contributed by atoms with Crippen molar-refractivity contribution >= 4 is 35.0 Å². The van der Waals surface area contributed by atoms with Gasteiger partial charge in [-0.2, -0.15) is 0 Å². The minimum atomic E-state index is -1.21. The third kappa shape index (κ3) is 5.09. The van der Waals surface area contributed by atoms with Crippen molar-refractivity contribution < 1.29 is 13.9 Å². The van der Waals surface area contributed by atoms with E-state index in [0.29, 0.717) is 27.6 Å². The van der Waals surface area contributed by atoms with Gasteiger partial charge >= 0.3 is 0 Å². The molecule has 1 unspecified atom stereocenters. The van der Waals surface area contributed by atoms with Crippen LogP contribution in [0.5, 0.6) is 5.75 Å². The molecule has 40 heavy (non-hydrogen) atoms. The number of morpholine rings is 1. The molecule has 0 radical (unpaired) electrons. The van der Waals surface area contributed by atoms with Crippen LogP contribution in [0.1, 0.15) is 16.7 Å². The van der Waals surface area contributed by atoms with Crippen LogP contribution in [0, 0.1) is 5.82 Å². The average molecular weight is 558 g/mol. The van der Waals surface area contributed by atoms with Crippen molar-refractivity contribution in [1.29, 1.82) is 0 Å². The van der Waals surface area contributed by atoms with Crippen molar-refractivity contribution in [3.63, 3.8) is 0 Å². The van der Waals surface area contributed by atoms with E-state index in [0.717, 1.165) is 54.4 Å². The first-order valence-corrected chi connectivity index (χ1v) is 13.4. The molecule has 4 aromatic rings. The molecule has 0 amide bonds. The number of fused-ring (bicyclic) bond motifs is 1. The second-order valence-corrected chi connectivity index (χ2v) is 10.3. The molecule has 1 atom stereocenters. The van der Waals surface area contributed by atoms with Gasteiger partial charge in [-0.25, -0.2) is 9.38 Å². The van der Waals surface area contributed by atoms with Crippen LogP contribution in [-0.2, 0) is 17.0 Å². The number of hydrogen-bond acceptors (Lipinski definition) is 7.